The molecule has 2 atom stereocenters. The van der Waals surface area contributed by atoms with Crippen molar-refractivity contribution < 1.29 is 14.3 Å². The van der Waals surface area contributed by atoms with Gasteiger partial charge in [0.25, 0.3) is 5.91 Å². The van der Waals surface area contributed by atoms with Crippen molar-refractivity contribution >= 4 is 35.1 Å². The third kappa shape index (κ3) is 4.69. The van der Waals surface area contributed by atoms with Gasteiger partial charge in [-0.3, -0.25) is 9.78 Å². The Morgan fingerprint density at radius 2 is 1.96 bits per heavy atom. The van der Waals surface area contributed by atoms with Gasteiger partial charge in [-0.25, -0.2) is 4.79 Å². The van der Waals surface area contributed by atoms with Crippen LogP contribution in [0.4, 0.5) is 0 Å². The molecule has 0 radical (unpaired) electrons. The summed E-state index contributed by atoms with van der Waals surface area (Å²) in [4.78, 5) is 28.0. The highest BCUT2D eigenvalue weighted by molar-refractivity contribution is 6.35. The monoisotopic (exact) mass is 366 g/mol. The molecule has 0 aliphatic heterocycles. The number of nitrogens with one attached hydrogen (secondary N) is 1. The Morgan fingerprint density at radius 1 is 1.21 bits per heavy atom. The molecule has 5 nitrogen and oxygen atoms in total. The van der Waals surface area contributed by atoms with Crippen LogP contribution in [-0.2, 0) is 9.53 Å². The summed E-state index contributed by atoms with van der Waals surface area (Å²) >= 11 is 12.0. The lowest BCUT2D eigenvalue weighted by Crippen LogP contribution is -2.37. The predicted octanol–water partition coefficient (Wildman–Crippen LogP) is 3.81. The van der Waals surface area contributed by atoms with E-state index in [1.54, 1.807) is 43.5 Å². The fourth-order valence-electron chi connectivity index (χ4n) is 2.03. The van der Waals surface area contributed by atoms with Crippen molar-refractivity contribution in [3.8, 4) is 0 Å². The van der Waals surface area contributed by atoms with Gasteiger partial charge >= 0.3 is 5.97 Å². The van der Waals surface area contributed by atoms with Crippen molar-refractivity contribution in [3.05, 3.63) is 63.9 Å². The first-order valence-electron chi connectivity index (χ1n) is 7.25. The first-order chi connectivity index (χ1) is 11.4. The largest absolute Gasteiger partial charge is 0.449 e. The smallest absolute Gasteiger partial charge is 0.340 e. The number of hydrogen-bond donors (Lipinski definition) is 1. The highest BCUT2D eigenvalue weighted by Crippen LogP contribution is 2.26. The molecule has 1 heterocycles. The molecule has 1 N–H and O–H groups in total. The minimum Gasteiger partial charge on any atom is -0.449 e. The standard InChI is InChI=1S/C17H16Cl2N2O3/c1-10(14-6-5-13(18)8-15(14)19)21-16(22)11(2)24-17(23)12-4-3-7-20-9-12/h3-11H,1-2H3,(H,21,22)/t10-,11-/m1/s1. The molecular weight excluding hydrogens is 351 g/mol. The Hall–Kier alpha value is -2.11. The SMILES string of the molecule is C[C@@H](OC(=O)c1cccnc1)C(=O)N[C@H](C)c1ccc(Cl)cc1Cl. The van der Waals surface area contributed by atoms with Crippen LogP contribution in [0.15, 0.2) is 42.7 Å². The third-order valence-electron chi connectivity index (χ3n) is 3.34. The highest BCUT2D eigenvalue weighted by atomic mass is 35.5. The zero-order valence-electron chi connectivity index (χ0n) is 13.1. The number of rotatable bonds is 5. The molecule has 2 rings (SSSR count). The summed E-state index contributed by atoms with van der Waals surface area (Å²) in [5.74, 6) is -1.03. The van der Waals surface area contributed by atoms with Gasteiger partial charge in [-0.15, -0.1) is 0 Å². The second-order valence-electron chi connectivity index (χ2n) is 5.19. The summed E-state index contributed by atoms with van der Waals surface area (Å²) in [7, 11) is 0. The fourth-order valence-corrected chi connectivity index (χ4v) is 2.60. The van der Waals surface area contributed by atoms with Gasteiger partial charge in [0.15, 0.2) is 6.10 Å². The molecule has 1 aromatic carbocycles. The molecule has 0 spiro atoms. The van der Waals surface area contributed by atoms with Crippen molar-refractivity contribution in [2.75, 3.05) is 0 Å². The van der Waals surface area contributed by atoms with Gasteiger partial charge in [-0.05, 0) is 43.7 Å². The topological polar surface area (TPSA) is 68.3 Å². The van der Waals surface area contributed by atoms with Crippen LogP contribution in [0, 0.1) is 0 Å². The average Bonchev–Trinajstić information content (AvgIpc) is 2.55. The number of amides is 1. The summed E-state index contributed by atoms with van der Waals surface area (Å²) in [6.07, 6.45) is 1.97. The molecule has 0 bridgehead atoms. The number of carbonyl (C=O) groups is 2. The van der Waals surface area contributed by atoms with Crippen LogP contribution in [0.2, 0.25) is 10.0 Å². The summed E-state index contributed by atoms with van der Waals surface area (Å²) in [6, 6.07) is 7.86. The van der Waals surface area contributed by atoms with E-state index in [9.17, 15) is 9.59 Å². The van der Waals surface area contributed by atoms with Gasteiger partial charge in [0.2, 0.25) is 0 Å². The van der Waals surface area contributed by atoms with Crippen LogP contribution in [0.5, 0.6) is 0 Å². The molecule has 2 aromatic rings. The molecule has 0 unspecified atom stereocenters. The van der Waals surface area contributed by atoms with Crippen molar-refractivity contribution in [1.29, 1.82) is 0 Å². The van der Waals surface area contributed by atoms with Crippen LogP contribution in [0.1, 0.15) is 35.8 Å². The minimum atomic E-state index is -0.953. The fraction of sp³-hybridized carbons (Fsp3) is 0.235. The lowest BCUT2D eigenvalue weighted by Gasteiger charge is -2.19. The summed E-state index contributed by atoms with van der Waals surface area (Å²) in [5.41, 5.74) is 1.01. The Balaban J connectivity index is 1.97. The Morgan fingerprint density at radius 3 is 2.58 bits per heavy atom. The van der Waals surface area contributed by atoms with E-state index >= 15 is 0 Å². The van der Waals surface area contributed by atoms with Crippen molar-refractivity contribution in [1.82, 2.24) is 10.3 Å². The second-order valence-corrected chi connectivity index (χ2v) is 6.03. The Kier molecular flexibility index (Phi) is 6.17. The van der Waals surface area contributed by atoms with E-state index < -0.39 is 18.0 Å². The molecule has 0 fully saturated rings. The number of carbonyl (C=O) groups excluding carboxylic acids is 2. The van der Waals surface area contributed by atoms with Gasteiger partial charge in [0.1, 0.15) is 0 Å². The van der Waals surface area contributed by atoms with Gasteiger partial charge in [0.05, 0.1) is 11.6 Å². The van der Waals surface area contributed by atoms with Gasteiger partial charge in [-0.1, -0.05) is 29.3 Å². The maximum Gasteiger partial charge on any atom is 0.340 e. The molecule has 0 saturated carbocycles. The zero-order chi connectivity index (χ0) is 17.7. The van der Waals surface area contributed by atoms with Crippen LogP contribution in [0.3, 0.4) is 0 Å². The second kappa shape index (κ2) is 8.13. The number of nitrogens with zero attached hydrogens (tertiary/aromatic N) is 1. The summed E-state index contributed by atoms with van der Waals surface area (Å²) in [5, 5.41) is 3.72. The molecule has 1 aromatic heterocycles. The molecule has 24 heavy (non-hydrogen) atoms. The Labute approximate surface area is 149 Å². The van der Waals surface area contributed by atoms with E-state index in [1.807, 2.05) is 0 Å². The first kappa shape index (κ1) is 18.2. The van der Waals surface area contributed by atoms with Gasteiger partial charge in [-0.2, -0.15) is 0 Å². The van der Waals surface area contributed by atoms with Crippen molar-refractivity contribution in [2.45, 2.75) is 26.0 Å². The van der Waals surface area contributed by atoms with Gasteiger partial charge in [0, 0.05) is 22.4 Å². The number of ether oxygens (including phenoxy) is 1. The first-order valence-corrected chi connectivity index (χ1v) is 8.00. The van der Waals surface area contributed by atoms with Crippen LogP contribution >= 0.6 is 23.2 Å². The molecular formula is C17H16Cl2N2O3. The number of esters is 1. The van der Waals surface area contributed by atoms with E-state index in [0.717, 1.165) is 5.56 Å². The molecule has 7 heteroatoms. The lowest BCUT2D eigenvalue weighted by atomic mass is 10.1. The van der Waals surface area contributed by atoms with E-state index in [0.29, 0.717) is 10.0 Å². The van der Waals surface area contributed by atoms with E-state index in [2.05, 4.69) is 10.3 Å². The maximum atomic E-state index is 12.2. The number of hydrogen-bond acceptors (Lipinski definition) is 4. The molecule has 0 saturated heterocycles. The minimum absolute atomic E-state index is 0.283. The molecule has 0 aliphatic carbocycles. The predicted molar refractivity (Wildman–Crippen MR) is 92.1 cm³/mol. The summed E-state index contributed by atoms with van der Waals surface area (Å²) in [6.45, 7) is 3.28. The number of halogens is 2. The van der Waals surface area contributed by atoms with E-state index in [1.165, 1.54) is 13.1 Å². The van der Waals surface area contributed by atoms with E-state index in [4.69, 9.17) is 27.9 Å². The zero-order valence-corrected chi connectivity index (χ0v) is 14.6. The van der Waals surface area contributed by atoms with E-state index in [-0.39, 0.29) is 11.6 Å². The van der Waals surface area contributed by atoms with Crippen LogP contribution in [0.25, 0.3) is 0 Å². The van der Waals surface area contributed by atoms with Crippen LogP contribution in [-0.4, -0.2) is 23.0 Å². The lowest BCUT2D eigenvalue weighted by molar-refractivity contribution is -0.129. The number of aromatic nitrogens is 1. The normalized spacial score (nSPS) is 13.0. The quantitative estimate of drug-likeness (QED) is 0.816. The average molecular weight is 367 g/mol. The highest BCUT2D eigenvalue weighted by Gasteiger charge is 2.21. The maximum absolute atomic E-state index is 12.2. The Bertz CT molecular complexity index is 738. The molecule has 0 aliphatic rings. The van der Waals surface area contributed by atoms with Gasteiger partial charge < -0.3 is 10.1 Å². The van der Waals surface area contributed by atoms with Crippen LogP contribution < -0.4 is 5.32 Å². The third-order valence-corrected chi connectivity index (χ3v) is 3.90. The number of benzene rings is 1. The number of pyridine rings is 1. The molecule has 126 valence electrons. The summed E-state index contributed by atoms with van der Waals surface area (Å²) < 4.78 is 5.14. The van der Waals surface area contributed by atoms with Crippen molar-refractivity contribution in [2.24, 2.45) is 0 Å². The molecule has 1 amide bonds. The van der Waals surface area contributed by atoms with Crippen molar-refractivity contribution in [3.63, 3.8) is 0 Å².